The molecule has 25 heavy (non-hydrogen) atoms. The van der Waals surface area contributed by atoms with Gasteiger partial charge in [-0.25, -0.2) is 13.1 Å². The van der Waals surface area contributed by atoms with Crippen molar-refractivity contribution in [1.82, 2.24) is 4.72 Å². The fourth-order valence-corrected chi connectivity index (χ4v) is 3.62. The summed E-state index contributed by atoms with van der Waals surface area (Å²) in [5.74, 6) is 0.0987. The first-order chi connectivity index (χ1) is 11.7. The Hall–Kier alpha value is -2.18. The fraction of sp³-hybridized carbons (Fsp3) is 0.316. The fourth-order valence-electron chi connectivity index (χ4n) is 2.22. The molecule has 0 aliphatic carbocycles. The van der Waals surface area contributed by atoms with Crippen molar-refractivity contribution in [2.24, 2.45) is 5.92 Å². The first-order valence-corrected chi connectivity index (χ1v) is 9.68. The molecule has 2 rings (SSSR count). The molecule has 0 heterocycles. The van der Waals surface area contributed by atoms with Gasteiger partial charge in [-0.3, -0.25) is 4.79 Å². The Morgan fingerprint density at radius 1 is 0.880 bits per heavy atom. The normalized spacial score (nSPS) is 12.8. The smallest absolute Gasteiger partial charge is 0.240 e. The van der Waals surface area contributed by atoms with Crippen molar-refractivity contribution >= 4 is 21.6 Å². The van der Waals surface area contributed by atoms with Crippen molar-refractivity contribution in [2.45, 2.75) is 38.6 Å². The minimum absolute atomic E-state index is 0.120. The van der Waals surface area contributed by atoms with E-state index in [1.165, 1.54) is 6.92 Å². The Balaban J connectivity index is 2.18. The minimum Gasteiger partial charge on any atom is -0.326 e. The van der Waals surface area contributed by atoms with Gasteiger partial charge in [-0.05, 0) is 48.2 Å². The molecule has 2 aromatic carbocycles. The third-order valence-electron chi connectivity index (χ3n) is 4.04. The zero-order valence-corrected chi connectivity index (χ0v) is 15.7. The van der Waals surface area contributed by atoms with E-state index in [0.717, 1.165) is 16.8 Å². The summed E-state index contributed by atoms with van der Waals surface area (Å²) < 4.78 is 27.5. The van der Waals surface area contributed by atoms with Crippen LogP contribution in [-0.4, -0.2) is 20.4 Å². The lowest BCUT2D eigenvalue weighted by molar-refractivity contribution is -0.114. The van der Waals surface area contributed by atoms with E-state index in [4.69, 9.17) is 0 Å². The monoisotopic (exact) mass is 360 g/mol. The highest BCUT2D eigenvalue weighted by Crippen LogP contribution is 2.23. The van der Waals surface area contributed by atoms with Gasteiger partial charge in [0.1, 0.15) is 0 Å². The van der Waals surface area contributed by atoms with Crippen molar-refractivity contribution in [3.63, 3.8) is 0 Å². The molecular formula is C19H24N2O3S. The van der Waals surface area contributed by atoms with Gasteiger partial charge in [-0.1, -0.05) is 38.1 Å². The van der Waals surface area contributed by atoms with Crippen LogP contribution in [0.25, 0.3) is 11.1 Å². The maximum Gasteiger partial charge on any atom is 0.240 e. The summed E-state index contributed by atoms with van der Waals surface area (Å²) in [6.07, 6.45) is 0. The minimum atomic E-state index is -3.52. The molecule has 0 aromatic heterocycles. The second-order valence-electron chi connectivity index (χ2n) is 6.44. The number of nitrogens with one attached hydrogen (secondary N) is 2. The van der Waals surface area contributed by atoms with Crippen LogP contribution in [0.3, 0.4) is 0 Å². The van der Waals surface area contributed by atoms with Gasteiger partial charge in [0.05, 0.1) is 4.90 Å². The molecule has 1 amide bonds. The molecule has 0 aliphatic rings. The molecule has 0 bridgehead atoms. The topological polar surface area (TPSA) is 75.3 Å². The van der Waals surface area contributed by atoms with Gasteiger partial charge in [0, 0.05) is 18.7 Å². The largest absolute Gasteiger partial charge is 0.326 e. The molecule has 2 aromatic rings. The van der Waals surface area contributed by atoms with E-state index >= 15 is 0 Å². The van der Waals surface area contributed by atoms with E-state index in [1.54, 1.807) is 24.3 Å². The third-order valence-corrected chi connectivity index (χ3v) is 5.62. The molecule has 6 heteroatoms. The van der Waals surface area contributed by atoms with Crippen LogP contribution in [0, 0.1) is 5.92 Å². The molecule has 0 spiro atoms. The van der Waals surface area contributed by atoms with Crippen LogP contribution < -0.4 is 10.0 Å². The molecule has 1 atom stereocenters. The van der Waals surface area contributed by atoms with Crippen LogP contribution in [0.5, 0.6) is 0 Å². The highest BCUT2D eigenvalue weighted by atomic mass is 32.2. The molecule has 0 saturated heterocycles. The van der Waals surface area contributed by atoms with Gasteiger partial charge in [-0.15, -0.1) is 0 Å². The highest BCUT2D eigenvalue weighted by Gasteiger charge is 2.19. The maximum atomic E-state index is 12.4. The number of rotatable bonds is 6. The number of carbonyl (C=O) groups is 1. The van der Waals surface area contributed by atoms with E-state index in [0.29, 0.717) is 0 Å². The molecule has 0 saturated carbocycles. The summed E-state index contributed by atoms with van der Waals surface area (Å²) in [7, 11) is -3.52. The Bertz CT molecular complexity index is 826. The van der Waals surface area contributed by atoms with Gasteiger partial charge in [0.15, 0.2) is 0 Å². The number of carbonyl (C=O) groups excluding carboxylic acids is 1. The van der Waals surface area contributed by atoms with Gasteiger partial charge < -0.3 is 5.32 Å². The Morgan fingerprint density at radius 3 is 1.80 bits per heavy atom. The van der Waals surface area contributed by atoms with Gasteiger partial charge in [0.25, 0.3) is 0 Å². The number of hydrogen-bond donors (Lipinski definition) is 2. The summed E-state index contributed by atoms with van der Waals surface area (Å²) in [5, 5.41) is 2.71. The highest BCUT2D eigenvalue weighted by molar-refractivity contribution is 7.89. The number of benzene rings is 2. The maximum absolute atomic E-state index is 12.4. The van der Waals surface area contributed by atoms with Gasteiger partial charge >= 0.3 is 0 Å². The molecule has 0 aliphatic heterocycles. The van der Waals surface area contributed by atoms with E-state index in [1.807, 2.05) is 45.0 Å². The predicted molar refractivity (Wildman–Crippen MR) is 101 cm³/mol. The summed E-state index contributed by atoms with van der Waals surface area (Å²) in [4.78, 5) is 11.3. The van der Waals surface area contributed by atoms with E-state index < -0.39 is 10.0 Å². The van der Waals surface area contributed by atoms with Crippen molar-refractivity contribution in [3.05, 3.63) is 48.5 Å². The second-order valence-corrected chi connectivity index (χ2v) is 8.15. The molecule has 5 nitrogen and oxygen atoms in total. The lowest BCUT2D eigenvalue weighted by Crippen LogP contribution is -2.36. The van der Waals surface area contributed by atoms with Crippen molar-refractivity contribution in [3.8, 4) is 11.1 Å². The molecule has 0 unspecified atom stereocenters. The molecular weight excluding hydrogens is 336 g/mol. The van der Waals surface area contributed by atoms with Crippen molar-refractivity contribution in [1.29, 1.82) is 0 Å². The predicted octanol–water partition coefficient (Wildman–Crippen LogP) is 3.63. The molecule has 2 N–H and O–H groups in total. The summed E-state index contributed by atoms with van der Waals surface area (Å²) in [6.45, 7) is 7.26. The van der Waals surface area contributed by atoms with Crippen molar-refractivity contribution < 1.29 is 13.2 Å². The first-order valence-electron chi connectivity index (χ1n) is 8.19. The van der Waals surface area contributed by atoms with Crippen LogP contribution in [0.1, 0.15) is 27.7 Å². The van der Waals surface area contributed by atoms with Gasteiger partial charge in [-0.2, -0.15) is 0 Å². The average Bonchev–Trinajstić information content (AvgIpc) is 2.54. The number of anilines is 1. The number of sulfonamides is 1. The molecule has 0 fully saturated rings. The van der Waals surface area contributed by atoms with E-state index in [9.17, 15) is 13.2 Å². The lowest BCUT2D eigenvalue weighted by Gasteiger charge is -2.17. The SMILES string of the molecule is CC(=O)Nc1ccc(-c2ccc(S(=O)(=O)N[C@@H](C)C(C)C)cc2)cc1. The molecule has 0 radical (unpaired) electrons. The summed E-state index contributed by atoms with van der Waals surface area (Å²) in [5.41, 5.74) is 2.58. The van der Waals surface area contributed by atoms with E-state index in [-0.39, 0.29) is 22.8 Å². The quantitative estimate of drug-likeness (QED) is 0.826. The first kappa shape index (κ1) is 19.1. The van der Waals surface area contributed by atoms with Crippen LogP contribution >= 0.6 is 0 Å². The van der Waals surface area contributed by atoms with Crippen LogP contribution in [0.15, 0.2) is 53.4 Å². The van der Waals surface area contributed by atoms with Crippen LogP contribution in [-0.2, 0) is 14.8 Å². The number of hydrogen-bond acceptors (Lipinski definition) is 3. The van der Waals surface area contributed by atoms with E-state index in [2.05, 4.69) is 10.0 Å². The zero-order valence-electron chi connectivity index (χ0n) is 14.9. The zero-order chi connectivity index (χ0) is 18.6. The Morgan fingerprint density at radius 2 is 1.36 bits per heavy atom. The second kappa shape index (κ2) is 7.80. The lowest BCUT2D eigenvalue weighted by atomic mass is 10.1. The Labute approximate surface area is 149 Å². The number of amides is 1. The Kier molecular flexibility index (Phi) is 5.98. The van der Waals surface area contributed by atoms with Crippen molar-refractivity contribution in [2.75, 3.05) is 5.32 Å². The standard InChI is InChI=1S/C19H24N2O3S/c1-13(2)14(3)21-25(23,24)19-11-7-17(8-12-19)16-5-9-18(10-6-16)20-15(4)22/h5-14,21H,1-4H3,(H,20,22)/t14-/m0/s1. The van der Waals surface area contributed by atoms with Crippen LogP contribution in [0.2, 0.25) is 0 Å². The van der Waals surface area contributed by atoms with Crippen LogP contribution in [0.4, 0.5) is 5.69 Å². The average molecular weight is 360 g/mol. The third kappa shape index (κ3) is 5.14. The molecule has 134 valence electrons. The summed E-state index contributed by atoms with van der Waals surface area (Å²) >= 11 is 0. The van der Waals surface area contributed by atoms with Gasteiger partial charge in [0.2, 0.25) is 15.9 Å². The summed E-state index contributed by atoms with van der Waals surface area (Å²) in [6, 6.07) is 14.0.